The Labute approximate surface area is 108 Å². The van der Waals surface area contributed by atoms with Crippen LogP contribution in [-0.2, 0) is 9.53 Å². The summed E-state index contributed by atoms with van der Waals surface area (Å²) in [6, 6.07) is 0. The van der Waals surface area contributed by atoms with E-state index in [1.54, 1.807) is 6.92 Å². The van der Waals surface area contributed by atoms with Crippen molar-refractivity contribution in [2.75, 3.05) is 19.5 Å². The summed E-state index contributed by atoms with van der Waals surface area (Å²) >= 11 is 1.85. The Morgan fingerprint density at radius 1 is 1.53 bits per heavy atom. The quantitative estimate of drug-likeness (QED) is 0.488. The molecule has 3 N–H and O–H groups in total. The van der Waals surface area contributed by atoms with E-state index >= 15 is 0 Å². The molecule has 0 aromatic heterocycles. The first-order valence-corrected chi connectivity index (χ1v) is 7.08. The Morgan fingerprint density at radius 2 is 2.18 bits per heavy atom. The monoisotopic (exact) mass is 263 g/mol. The van der Waals surface area contributed by atoms with Crippen LogP contribution in [-0.4, -0.2) is 41.3 Å². The van der Waals surface area contributed by atoms with Gasteiger partial charge in [-0.1, -0.05) is 13.3 Å². The summed E-state index contributed by atoms with van der Waals surface area (Å²) in [5.74, 6) is 0.692. The third-order valence-corrected chi connectivity index (χ3v) is 4.01. The van der Waals surface area contributed by atoms with Gasteiger partial charge in [-0.3, -0.25) is 4.79 Å². The summed E-state index contributed by atoms with van der Waals surface area (Å²) in [7, 11) is 1.36. The highest BCUT2D eigenvalue weighted by atomic mass is 32.2. The van der Waals surface area contributed by atoms with E-state index < -0.39 is 5.54 Å². The van der Waals surface area contributed by atoms with Crippen molar-refractivity contribution in [3.8, 4) is 0 Å². The standard InChI is InChI=1S/C12H25NO3S/c1-10(6-8-14)17-9-5-4-7-12(2,13)11(15)16-3/h10,14H,4-9,13H2,1-3H3. The molecule has 0 aliphatic rings. The molecule has 0 heterocycles. The number of hydrogen-bond donors (Lipinski definition) is 2. The number of rotatable bonds is 9. The van der Waals surface area contributed by atoms with Crippen LogP contribution in [0.25, 0.3) is 0 Å². The molecule has 0 aliphatic heterocycles. The van der Waals surface area contributed by atoms with E-state index in [-0.39, 0.29) is 12.6 Å². The summed E-state index contributed by atoms with van der Waals surface area (Å²) < 4.78 is 4.65. The topological polar surface area (TPSA) is 72.5 Å². The van der Waals surface area contributed by atoms with E-state index in [9.17, 15) is 4.79 Å². The molecule has 0 bridgehead atoms. The molecule has 0 amide bonds. The molecular formula is C12H25NO3S. The van der Waals surface area contributed by atoms with E-state index in [0.717, 1.165) is 25.0 Å². The lowest BCUT2D eigenvalue weighted by molar-refractivity contribution is -0.146. The molecule has 0 spiro atoms. The fourth-order valence-corrected chi connectivity index (χ4v) is 2.52. The molecule has 102 valence electrons. The zero-order valence-electron chi connectivity index (χ0n) is 11.1. The highest BCUT2D eigenvalue weighted by Crippen LogP contribution is 2.18. The highest BCUT2D eigenvalue weighted by molar-refractivity contribution is 7.99. The predicted molar refractivity (Wildman–Crippen MR) is 72.1 cm³/mol. The average Bonchev–Trinajstić information content (AvgIpc) is 2.27. The molecule has 4 nitrogen and oxygen atoms in total. The first kappa shape index (κ1) is 16.7. The van der Waals surface area contributed by atoms with Gasteiger partial charge in [0.25, 0.3) is 0 Å². The zero-order valence-corrected chi connectivity index (χ0v) is 11.9. The van der Waals surface area contributed by atoms with E-state index in [0.29, 0.717) is 11.7 Å². The lowest BCUT2D eigenvalue weighted by atomic mass is 9.97. The molecule has 0 saturated heterocycles. The van der Waals surface area contributed by atoms with Crippen LogP contribution < -0.4 is 5.73 Å². The minimum absolute atomic E-state index is 0.247. The molecule has 0 aliphatic carbocycles. The maximum absolute atomic E-state index is 11.3. The number of nitrogens with two attached hydrogens (primary N) is 1. The fraction of sp³-hybridized carbons (Fsp3) is 0.917. The molecule has 5 heteroatoms. The predicted octanol–water partition coefficient (Wildman–Crippen LogP) is 1.55. The number of methoxy groups -OCH3 is 1. The molecule has 0 aromatic carbocycles. The maximum Gasteiger partial charge on any atom is 0.325 e. The van der Waals surface area contributed by atoms with Crippen LogP contribution in [0.4, 0.5) is 0 Å². The van der Waals surface area contributed by atoms with Gasteiger partial charge >= 0.3 is 5.97 Å². The van der Waals surface area contributed by atoms with Gasteiger partial charge in [0, 0.05) is 11.9 Å². The smallest absolute Gasteiger partial charge is 0.325 e. The number of hydrogen-bond acceptors (Lipinski definition) is 5. The number of ether oxygens (including phenoxy) is 1. The van der Waals surface area contributed by atoms with Gasteiger partial charge in [-0.15, -0.1) is 0 Å². The lowest BCUT2D eigenvalue weighted by Gasteiger charge is -2.21. The Hall–Kier alpha value is -0.260. The van der Waals surface area contributed by atoms with Crippen molar-refractivity contribution in [1.82, 2.24) is 0 Å². The minimum Gasteiger partial charge on any atom is -0.468 e. The largest absolute Gasteiger partial charge is 0.468 e. The van der Waals surface area contributed by atoms with Crippen molar-refractivity contribution in [2.24, 2.45) is 5.73 Å². The molecule has 0 aromatic rings. The van der Waals surface area contributed by atoms with E-state index in [1.165, 1.54) is 7.11 Å². The number of thioether (sulfide) groups is 1. The Bertz CT molecular complexity index is 222. The van der Waals surface area contributed by atoms with Crippen LogP contribution in [0, 0.1) is 0 Å². The summed E-state index contributed by atoms with van der Waals surface area (Å²) in [6.45, 7) is 4.07. The average molecular weight is 263 g/mol. The van der Waals surface area contributed by atoms with E-state index in [2.05, 4.69) is 11.7 Å². The molecule has 2 atom stereocenters. The van der Waals surface area contributed by atoms with Crippen LogP contribution in [0.1, 0.15) is 39.5 Å². The van der Waals surface area contributed by atoms with Gasteiger partial charge < -0.3 is 15.6 Å². The molecule has 0 fully saturated rings. The number of esters is 1. The summed E-state index contributed by atoms with van der Waals surface area (Å²) in [6.07, 6.45) is 3.43. The van der Waals surface area contributed by atoms with Crippen molar-refractivity contribution in [2.45, 2.75) is 50.3 Å². The molecule has 0 saturated carbocycles. The zero-order chi connectivity index (χ0) is 13.3. The first-order valence-electron chi connectivity index (χ1n) is 6.03. The fourth-order valence-electron chi connectivity index (χ4n) is 1.48. The Kier molecular flexibility index (Phi) is 8.64. The SMILES string of the molecule is COC(=O)C(C)(N)CCCCSC(C)CCO. The van der Waals surface area contributed by atoms with Gasteiger partial charge in [0.1, 0.15) is 5.54 Å². The molecular weight excluding hydrogens is 238 g/mol. The number of aliphatic hydroxyl groups is 1. The van der Waals surface area contributed by atoms with Crippen molar-refractivity contribution >= 4 is 17.7 Å². The number of carbonyl (C=O) groups is 1. The van der Waals surface area contributed by atoms with Crippen molar-refractivity contribution in [3.63, 3.8) is 0 Å². The second-order valence-electron chi connectivity index (χ2n) is 4.56. The normalized spacial score (nSPS) is 16.3. The molecule has 0 rings (SSSR count). The Balaban J connectivity index is 3.60. The summed E-state index contributed by atoms with van der Waals surface area (Å²) in [5, 5.41) is 9.24. The summed E-state index contributed by atoms with van der Waals surface area (Å²) in [5.41, 5.74) is 4.98. The van der Waals surface area contributed by atoms with Gasteiger partial charge in [-0.2, -0.15) is 11.8 Å². The minimum atomic E-state index is -0.865. The number of aliphatic hydroxyl groups excluding tert-OH is 1. The van der Waals surface area contributed by atoms with Crippen LogP contribution in [0.5, 0.6) is 0 Å². The van der Waals surface area contributed by atoms with E-state index in [4.69, 9.17) is 10.8 Å². The van der Waals surface area contributed by atoms with Gasteiger partial charge in [0.05, 0.1) is 7.11 Å². The van der Waals surface area contributed by atoms with Crippen LogP contribution in [0.3, 0.4) is 0 Å². The van der Waals surface area contributed by atoms with Gasteiger partial charge in [-0.25, -0.2) is 0 Å². The van der Waals surface area contributed by atoms with Crippen LogP contribution >= 0.6 is 11.8 Å². The van der Waals surface area contributed by atoms with Crippen LogP contribution in [0.2, 0.25) is 0 Å². The Morgan fingerprint density at radius 3 is 2.71 bits per heavy atom. The molecule has 2 unspecified atom stereocenters. The third-order valence-electron chi connectivity index (χ3n) is 2.68. The van der Waals surface area contributed by atoms with Crippen molar-refractivity contribution in [1.29, 1.82) is 0 Å². The maximum atomic E-state index is 11.3. The van der Waals surface area contributed by atoms with E-state index in [1.807, 2.05) is 11.8 Å². The highest BCUT2D eigenvalue weighted by Gasteiger charge is 2.28. The number of carbonyl (C=O) groups excluding carboxylic acids is 1. The van der Waals surface area contributed by atoms with Gasteiger partial charge in [-0.05, 0) is 31.9 Å². The number of unbranched alkanes of at least 4 members (excludes halogenated alkanes) is 1. The second-order valence-corrected chi connectivity index (χ2v) is 6.11. The van der Waals surface area contributed by atoms with Crippen molar-refractivity contribution in [3.05, 3.63) is 0 Å². The van der Waals surface area contributed by atoms with Crippen LogP contribution in [0.15, 0.2) is 0 Å². The van der Waals surface area contributed by atoms with Gasteiger partial charge in [0.15, 0.2) is 0 Å². The van der Waals surface area contributed by atoms with Gasteiger partial charge in [0.2, 0.25) is 0 Å². The molecule has 17 heavy (non-hydrogen) atoms. The third kappa shape index (κ3) is 7.63. The lowest BCUT2D eigenvalue weighted by Crippen LogP contribution is -2.45. The summed E-state index contributed by atoms with van der Waals surface area (Å²) in [4.78, 5) is 11.3. The van der Waals surface area contributed by atoms with Crippen molar-refractivity contribution < 1.29 is 14.6 Å². The molecule has 0 radical (unpaired) electrons. The first-order chi connectivity index (χ1) is 7.94. The second kappa shape index (κ2) is 8.78.